The Bertz CT molecular complexity index is 496. The SMILES string of the molecule is O=[N+]([O-])c1cc2c(cc1NC1CCCCC1)NCC2. The molecule has 1 aromatic rings. The summed E-state index contributed by atoms with van der Waals surface area (Å²) in [5.41, 5.74) is 2.99. The van der Waals surface area contributed by atoms with E-state index in [-0.39, 0.29) is 10.6 Å². The van der Waals surface area contributed by atoms with E-state index >= 15 is 0 Å². The minimum atomic E-state index is -0.274. The van der Waals surface area contributed by atoms with Crippen molar-refractivity contribution in [2.75, 3.05) is 17.2 Å². The molecule has 1 aliphatic carbocycles. The summed E-state index contributed by atoms with van der Waals surface area (Å²) in [7, 11) is 0. The molecule has 0 amide bonds. The van der Waals surface area contributed by atoms with Crippen LogP contribution in [0.25, 0.3) is 0 Å². The fourth-order valence-corrected chi connectivity index (χ4v) is 3.07. The Morgan fingerprint density at radius 2 is 2.05 bits per heavy atom. The molecule has 2 N–H and O–H groups in total. The maximum absolute atomic E-state index is 11.2. The lowest BCUT2D eigenvalue weighted by molar-refractivity contribution is -0.384. The lowest BCUT2D eigenvalue weighted by Crippen LogP contribution is -2.22. The van der Waals surface area contributed by atoms with Crippen LogP contribution in [0.5, 0.6) is 0 Å². The van der Waals surface area contributed by atoms with Gasteiger partial charge in [0.15, 0.2) is 0 Å². The molecule has 0 unspecified atom stereocenters. The molecule has 2 aliphatic rings. The molecular formula is C14H19N3O2. The molecule has 1 heterocycles. The molecule has 5 heteroatoms. The summed E-state index contributed by atoms with van der Waals surface area (Å²) in [6, 6.07) is 4.02. The Kier molecular flexibility index (Phi) is 3.27. The van der Waals surface area contributed by atoms with Gasteiger partial charge in [0.25, 0.3) is 5.69 Å². The molecule has 0 saturated heterocycles. The number of nitrogens with one attached hydrogen (secondary N) is 2. The van der Waals surface area contributed by atoms with Crippen molar-refractivity contribution in [1.82, 2.24) is 0 Å². The van der Waals surface area contributed by atoms with Gasteiger partial charge in [-0.3, -0.25) is 10.1 Å². The first-order chi connectivity index (χ1) is 9.24. The van der Waals surface area contributed by atoms with Crippen molar-refractivity contribution < 1.29 is 4.92 Å². The second-order valence-corrected chi connectivity index (χ2v) is 5.44. The van der Waals surface area contributed by atoms with Gasteiger partial charge in [0.05, 0.1) is 4.92 Å². The first-order valence-electron chi connectivity index (χ1n) is 7.06. The van der Waals surface area contributed by atoms with Gasteiger partial charge in [-0.25, -0.2) is 0 Å². The molecule has 1 aromatic carbocycles. The van der Waals surface area contributed by atoms with Crippen LogP contribution in [0.1, 0.15) is 37.7 Å². The van der Waals surface area contributed by atoms with Gasteiger partial charge in [0.1, 0.15) is 5.69 Å². The minimum Gasteiger partial charge on any atom is -0.384 e. The van der Waals surface area contributed by atoms with E-state index in [2.05, 4.69) is 10.6 Å². The predicted molar refractivity (Wildman–Crippen MR) is 75.8 cm³/mol. The van der Waals surface area contributed by atoms with Crippen LogP contribution in [-0.4, -0.2) is 17.5 Å². The lowest BCUT2D eigenvalue weighted by Gasteiger charge is -2.24. The Hall–Kier alpha value is -1.78. The van der Waals surface area contributed by atoms with Crippen molar-refractivity contribution in [3.63, 3.8) is 0 Å². The third-order valence-corrected chi connectivity index (χ3v) is 4.09. The zero-order valence-electron chi connectivity index (χ0n) is 10.9. The molecule has 0 radical (unpaired) electrons. The van der Waals surface area contributed by atoms with E-state index in [0.717, 1.165) is 37.1 Å². The van der Waals surface area contributed by atoms with Crippen LogP contribution in [0.4, 0.5) is 17.1 Å². The second-order valence-electron chi connectivity index (χ2n) is 5.44. The highest BCUT2D eigenvalue weighted by Gasteiger charge is 2.23. The van der Waals surface area contributed by atoms with Crippen LogP contribution in [0, 0.1) is 10.1 Å². The highest BCUT2D eigenvalue weighted by atomic mass is 16.6. The summed E-state index contributed by atoms with van der Waals surface area (Å²) in [5, 5.41) is 17.9. The summed E-state index contributed by atoms with van der Waals surface area (Å²) in [6.07, 6.45) is 6.82. The number of anilines is 2. The molecule has 19 heavy (non-hydrogen) atoms. The summed E-state index contributed by atoms with van der Waals surface area (Å²) in [4.78, 5) is 10.9. The number of benzene rings is 1. The molecule has 1 aliphatic heterocycles. The van der Waals surface area contributed by atoms with Crippen molar-refractivity contribution in [3.8, 4) is 0 Å². The standard InChI is InChI=1S/C14H19N3O2/c18-17(19)14-8-10-6-7-15-12(10)9-13(14)16-11-4-2-1-3-5-11/h8-9,11,15-16H,1-7H2. The van der Waals surface area contributed by atoms with Crippen LogP contribution >= 0.6 is 0 Å². The average Bonchev–Trinajstić information content (AvgIpc) is 2.86. The van der Waals surface area contributed by atoms with E-state index in [0.29, 0.717) is 11.7 Å². The Morgan fingerprint density at radius 3 is 2.79 bits per heavy atom. The highest BCUT2D eigenvalue weighted by molar-refractivity contribution is 5.73. The summed E-state index contributed by atoms with van der Waals surface area (Å²) in [6.45, 7) is 0.874. The summed E-state index contributed by atoms with van der Waals surface area (Å²) in [5.74, 6) is 0. The zero-order valence-corrected chi connectivity index (χ0v) is 10.9. The Morgan fingerprint density at radius 1 is 1.26 bits per heavy atom. The minimum absolute atomic E-state index is 0.216. The van der Waals surface area contributed by atoms with E-state index in [4.69, 9.17) is 0 Å². The molecule has 102 valence electrons. The van der Waals surface area contributed by atoms with E-state index in [1.165, 1.54) is 19.3 Å². The Balaban J connectivity index is 1.87. The quantitative estimate of drug-likeness (QED) is 0.647. The van der Waals surface area contributed by atoms with Gasteiger partial charge in [-0.15, -0.1) is 0 Å². The van der Waals surface area contributed by atoms with Crippen molar-refractivity contribution in [2.45, 2.75) is 44.6 Å². The largest absolute Gasteiger partial charge is 0.384 e. The van der Waals surface area contributed by atoms with Crippen LogP contribution < -0.4 is 10.6 Å². The van der Waals surface area contributed by atoms with Gasteiger partial charge in [0, 0.05) is 24.3 Å². The van der Waals surface area contributed by atoms with Gasteiger partial charge in [-0.2, -0.15) is 0 Å². The number of nitro groups is 1. The van der Waals surface area contributed by atoms with Crippen LogP contribution in [-0.2, 0) is 6.42 Å². The number of hydrogen-bond donors (Lipinski definition) is 2. The van der Waals surface area contributed by atoms with Crippen molar-refractivity contribution in [2.24, 2.45) is 0 Å². The highest BCUT2D eigenvalue weighted by Crippen LogP contribution is 2.35. The molecule has 3 rings (SSSR count). The maximum atomic E-state index is 11.2. The molecule has 0 spiro atoms. The van der Waals surface area contributed by atoms with Gasteiger partial charge in [-0.1, -0.05) is 19.3 Å². The molecule has 0 aromatic heterocycles. The molecule has 1 saturated carbocycles. The number of rotatable bonds is 3. The number of nitrogens with zero attached hydrogens (tertiary/aromatic N) is 1. The van der Waals surface area contributed by atoms with E-state index in [1.54, 1.807) is 6.07 Å². The maximum Gasteiger partial charge on any atom is 0.292 e. The van der Waals surface area contributed by atoms with E-state index in [9.17, 15) is 10.1 Å². The summed E-state index contributed by atoms with van der Waals surface area (Å²) >= 11 is 0. The number of fused-ring (bicyclic) bond motifs is 1. The molecule has 1 fully saturated rings. The van der Waals surface area contributed by atoms with Gasteiger partial charge < -0.3 is 10.6 Å². The smallest absolute Gasteiger partial charge is 0.292 e. The first kappa shape index (κ1) is 12.3. The third-order valence-electron chi connectivity index (χ3n) is 4.09. The first-order valence-corrected chi connectivity index (χ1v) is 7.06. The van der Waals surface area contributed by atoms with Crippen LogP contribution in [0.15, 0.2) is 12.1 Å². The topological polar surface area (TPSA) is 67.2 Å². The van der Waals surface area contributed by atoms with Gasteiger partial charge in [-0.05, 0) is 30.9 Å². The van der Waals surface area contributed by atoms with Gasteiger partial charge in [0.2, 0.25) is 0 Å². The lowest BCUT2D eigenvalue weighted by atomic mass is 9.95. The monoisotopic (exact) mass is 261 g/mol. The molecule has 5 nitrogen and oxygen atoms in total. The Labute approximate surface area is 112 Å². The number of nitro benzene ring substituents is 1. The molecule has 0 atom stereocenters. The number of hydrogen-bond acceptors (Lipinski definition) is 4. The second kappa shape index (κ2) is 5.07. The molecular weight excluding hydrogens is 242 g/mol. The van der Waals surface area contributed by atoms with E-state index in [1.807, 2.05) is 6.07 Å². The van der Waals surface area contributed by atoms with Crippen LogP contribution in [0.3, 0.4) is 0 Å². The third kappa shape index (κ3) is 2.50. The normalized spacial score (nSPS) is 18.7. The predicted octanol–water partition coefficient (Wildman–Crippen LogP) is 3.31. The average molecular weight is 261 g/mol. The van der Waals surface area contributed by atoms with Crippen LogP contribution in [0.2, 0.25) is 0 Å². The molecule has 0 bridgehead atoms. The summed E-state index contributed by atoms with van der Waals surface area (Å²) < 4.78 is 0. The van der Waals surface area contributed by atoms with E-state index < -0.39 is 0 Å². The fraction of sp³-hybridized carbons (Fsp3) is 0.571. The van der Waals surface area contributed by atoms with Crippen molar-refractivity contribution in [1.29, 1.82) is 0 Å². The zero-order chi connectivity index (χ0) is 13.2. The van der Waals surface area contributed by atoms with Crippen molar-refractivity contribution in [3.05, 3.63) is 27.8 Å². The van der Waals surface area contributed by atoms with Gasteiger partial charge >= 0.3 is 0 Å². The fourth-order valence-electron chi connectivity index (χ4n) is 3.07. The van der Waals surface area contributed by atoms with Crippen molar-refractivity contribution >= 4 is 17.1 Å².